The summed E-state index contributed by atoms with van der Waals surface area (Å²) in [5.74, 6) is 0. The minimum absolute atomic E-state index is 0.181. The van der Waals surface area contributed by atoms with Gasteiger partial charge >= 0.3 is 6.18 Å². The summed E-state index contributed by atoms with van der Waals surface area (Å²) < 4.78 is 39.7. The first-order valence-electron chi connectivity index (χ1n) is 5.35. The molecule has 0 unspecified atom stereocenters. The third kappa shape index (κ3) is 2.89. The summed E-state index contributed by atoms with van der Waals surface area (Å²) >= 11 is 3.25. The van der Waals surface area contributed by atoms with E-state index in [0.717, 1.165) is 17.7 Å². The molecule has 0 N–H and O–H groups in total. The van der Waals surface area contributed by atoms with E-state index in [1.54, 1.807) is 6.92 Å². The molecule has 1 heterocycles. The number of halogens is 4. The third-order valence-corrected chi connectivity index (χ3v) is 3.48. The molecule has 2 rings (SSSR count). The maximum absolute atomic E-state index is 12.6. The fraction of sp³-hybridized carbons (Fsp3) is 0.154. The van der Waals surface area contributed by atoms with E-state index in [2.05, 4.69) is 15.9 Å². The SMILES string of the molecule is Cc1cc(=O)n(-c2cccc(C(F)(F)F)c2)cc1Br. The summed E-state index contributed by atoms with van der Waals surface area (Å²) in [4.78, 5) is 11.8. The first-order chi connectivity index (χ1) is 8.79. The number of nitrogens with zero attached hydrogens (tertiary/aromatic N) is 1. The predicted molar refractivity (Wildman–Crippen MR) is 69.5 cm³/mol. The van der Waals surface area contributed by atoms with Gasteiger partial charge < -0.3 is 0 Å². The largest absolute Gasteiger partial charge is 0.416 e. The molecule has 0 atom stereocenters. The molecule has 6 heteroatoms. The van der Waals surface area contributed by atoms with Crippen molar-refractivity contribution in [2.24, 2.45) is 0 Å². The number of pyridine rings is 1. The fourth-order valence-electron chi connectivity index (χ4n) is 1.64. The van der Waals surface area contributed by atoms with Crippen LogP contribution >= 0.6 is 15.9 Å². The molecule has 0 amide bonds. The Kier molecular flexibility index (Phi) is 3.54. The molecule has 0 saturated carbocycles. The van der Waals surface area contributed by atoms with E-state index in [4.69, 9.17) is 0 Å². The van der Waals surface area contributed by atoms with Crippen LogP contribution in [0.15, 0.2) is 45.8 Å². The molecule has 0 fully saturated rings. The van der Waals surface area contributed by atoms with Crippen LogP contribution in [0.1, 0.15) is 11.1 Å². The smallest absolute Gasteiger partial charge is 0.283 e. The second-order valence-corrected chi connectivity index (χ2v) is 4.92. The minimum Gasteiger partial charge on any atom is -0.283 e. The molecular weight excluding hydrogens is 323 g/mol. The fourth-order valence-corrected chi connectivity index (χ4v) is 1.96. The van der Waals surface area contributed by atoms with Crippen LogP contribution in [0.4, 0.5) is 13.2 Å². The van der Waals surface area contributed by atoms with E-state index in [9.17, 15) is 18.0 Å². The molecule has 2 aromatic rings. The van der Waals surface area contributed by atoms with Crippen molar-refractivity contribution in [3.63, 3.8) is 0 Å². The van der Waals surface area contributed by atoms with Crippen LogP contribution in [-0.4, -0.2) is 4.57 Å². The lowest BCUT2D eigenvalue weighted by molar-refractivity contribution is -0.137. The van der Waals surface area contributed by atoms with E-state index in [1.807, 2.05) is 0 Å². The van der Waals surface area contributed by atoms with Gasteiger partial charge in [-0.2, -0.15) is 13.2 Å². The Bertz CT molecular complexity index is 676. The van der Waals surface area contributed by atoms with Crippen LogP contribution in [0.25, 0.3) is 5.69 Å². The molecule has 0 aliphatic heterocycles. The highest BCUT2D eigenvalue weighted by atomic mass is 79.9. The van der Waals surface area contributed by atoms with Gasteiger partial charge in [0.25, 0.3) is 5.56 Å². The molecular formula is C13H9BrF3NO. The first-order valence-corrected chi connectivity index (χ1v) is 6.15. The topological polar surface area (TPSA) is 22.0 Å². The number of hydrogen-bond acceptors (Lipinski definition) is 1. The van der Waals surface area contributed by atoms with Crippen molar-refractivity contribution in [3.05, 3.63) is 62.5 Å². The number of rotatable bonds is 1. The van der Waals surface area contributed by atoms with Gasteiger partial charge in [0.15, 0.2) is 0 Å². The highest BCUT2D eigenvalue weighted by Crippen LogP contribution is 2.30. The molecule has 0 radical (unpaired) electrons. The predicted octanol–water partition coefficient (Wildman–Crippen LogP) is 3.93. The van der Waals surface area contributed by atoms with Crippen LogP contribution in [0.5, 0.6) is 0 Å². The summed E-state index contributed by atoms with van der Waals surface area (Å²) in [7, 11) is 0. The first kappa shape index (κ1) is 13.9. The lowest BCUT2D eigenvalue weighted by Gasteiger charge is -2.11. The van der Waals surface area contributed by atoms with E-state index in [1.165, 1.54) is 29.0 Å². The zero-order chi connectivity index (χ0) is 14.2. The van der Waals surface area contributed by atoms with Gasteiger partial charge in [0, 0.05) is 22.4 Å². The molecule has 1 aromatic carbocycles. The van der Waals surface area contributed by atoms with Crippen LogP contribution in [-0.2, 0) is 6.18 Å². The molecule has 0 bridgehead atoms. The molecule has 0 aliphatic rings. The van der Waals surface area contributed by atoms with Crippen LogP contribution in [0, 0.1) is 6.92 Å². The molecule has 0 spiro atoms. The summed E-state index contributed by atoms with van der Waals surface area (Å²) in [6, 6.07) is 6.02. The molecule has 0 aliphatic carbocycles. The highest BCUT2D eigenvalue weighted by Gasteiger charge is 2.30. The molecule has 100 valence electrons. The molecule has 0 saturated heterocycles. The lowest BCUT2D eigenvalue weighted by atomic mass is 10.2. The standard InChI is InChI=1S/C13H9BrF3NO/c1-8-5-12(19)18(7-11(8)14)10-4-2-3-9(6-10)13(15,16)17/h2-7H,1H3. The Labute approximate surface area is 115 Å². The van der Waals surface area contributed by atoms with Crippen molar-refractivity contribution in [1.82, 2.24) is 4.57 Å². The van der Waals surface area contributed by atoms with E-state index in [0.29, 0.717) is 4.47 Å². The van der Waals surface area contributed by atoms with E-state index in [-0.39, 0.29) is 11.2 Å². The van der Waals surface area contributed by atoms with Gasteiger partial charge in [0.05, 0.1) is 5.56 Å². The van der Waals surface area contributed by atoms with Crippen molar-refractivity contribution in [2.75, 3.05) is 0 Å². The minimum atomic E-state index is -4.43. The number of benzene rings is 1. The summed E-state index contributed by atoms with van der Waals surface area (Å²) in [5, 5.41) is 0. The van der Waals surface area contributed by atoms with E-state index < -0.39 is 11.7 Å². The van der Waals surface area contributed by atoms with Crippen LogP contribution < -0.4 is 5.56 Å². The zero-order valence-electron chi connectivity index (χ0n) is 9.83. The second-order valence-electron chi connectivity index (χ2n) is 4.06. The van der Waals surface area contributed by atoms with E-state index >= 15 is 0 Å². The van der Waals surface area contributed by atoms with Gasteiger partial charge in [-0.1, -0.05) is 6.07 Å². The van der Waals surface area contributed by atoms with Crippen molar-refractivity contribution in [1.29, 1.82) is 0 Å². The number of aryl methyl sites for hydroxylation is 1. The van der Waals surface area contributed by atoms with Gasteiger partial charge in [0.2, 0.25) is 0 Å². The summed E-state index contributed by atoms with van der Waals surface area (Å²) in [5.41, 5.74) is -0.248. The quantitative estimate of drug-likeness (QED) is 0.776. The zero-order valence-corrected chi connectivity index (χ0v) is 11.4. The highest BCUT2D eigenvalue weighted by molar-refractivity contribution is 9.10. The Hall–Kier alpha value is -1.56. The maximum atomic E-state index is 12.6. The molecule has 2 nitrogen and oxygen atoms in total. The van der Waals surface area contributed by atoms with Crippen molar-refractivity contribution in [3.8, 4) is 5.69 Å². The Morgan fingerprint density at radius 3 is 2.53 bits per heavy atom. The van der Waals surface area contributed by atoms with Crippen LogP contribution in [0.2, 0.25) is 0 Å². The monoisotopic (exact) mass is 331 g/mol. The van der Waals surface area contributed by atoms with Crippen molar-refractivity contribution < 1.29 is 13.2 Å². The summed E-state index contributed by atoms with van der Waals surface area (Å²) in [6.45, 7) is 1.74. The average Bonchev–Trinajstić information content (AvgIpc) is 2.33. The Balaban J connectivity index is 2.60. The third-order valence-electron chi connectivity index (χ3n) is 2.65. The van der Waals surface area contributed by atoms with Crippen molar-refractivity contribution >= 4 is 15.9 Å². The molecule has 19 heavy (non-hydrogen) atoms. The van der Waals surface area contributed by atoms with Gasteiger partial charge in [-0.15, -0.1) is 0 Å². The summed E-state index contributed by atoms with van der Waals surface area (Å²) in [6.07, 6.45) is -2.96. The Morgan fingerprint density at radius 1 is 1.21 bits per heavy atom. The van der Waals surface area contributed by atoms with Gasteiger partial charge in [0.1, 0.15) is 0 Å². The van der Waals surface area contributed by atoms with Crippen LogP contribution in [0.3, 0.4) is 0 Å². The van der Waals surface area contributed by atoms with Crippen molar-refractivity contribution in [2.45, 2.75) is 13.1 Å². The number of alkyl halides is 3. The van der Waals surface area contributed by atoms with Gasteiger partial charge in [-0.25, -0.2) is 0 Å². The maximum Gasteiger partial charge on any atom is 0.416 e. The van der Waals surface area contributed by atoms with Gasteiger partial charge in [-0.05, 0) is 46.6 Å². The van der Waals surface area contributed by atoms with Gasteiger partial charge in [-0.3, -0.25) is 9.36 Å². The second kappa shape index (κ2) is 4.85. The number of hydrogen-bond donors (Lipinski definition) is 0. The average molecular weight is 332 g/mol. The molecule has 1 aromatic heterocycles. The Morgan fingerprint density at radius 2 is 1.89 bits per heavy atom. The number of aromatic nitrogens is 1. The lowest BCUT2D eigenvalue weighted by Crippen LogP contribution is -2.18. The normalized spacial score (nSPS) is 11.6.